The number of rotatable bonds is 10. The van der Waals surface area contributed by atoms with E-state index in [9.17, 15) is 4.79 Å². The number of methoxy groups -OCH3 is 1. The fourth-order valence-electron chi connectivity index (χ4n) is 4.58. The highest BCUT2D eigenvalue weighted by Crippen LogP contribution is 2.23. The molecule has 1 aliphatic heterocycles. The summed E-state index contributed by atoms with van der Waals surface area (Å²) in [5.74, 6) is 0.748. The average Bonchev–Trinajstić information content (AvgIpc) is 3.35. The van der Waals surface area contributed by atoms with E-state index in [0.29, 0.717) is 24.8 Å². The van der Waals surface area contributed by atoms with Crippen molar-refractivity contribution in [1.82, 2.24) is 10.6 Å². The van der Waals surface area contributed by atoms with Crippen LogP contribution >= 0.6 is 0 Å². The molecule has 0 aromatic heterocycles. The lowest BCUT2D eigenvalue weighted by atomic mass is 9.87. The number of benzene rings is 2. The Morgan fingerprint density at radius 3 is 2.76 bits per heavy atom. The van der Waals surface area contributed by atoms with E-state index in [0.717, 1.165) is 51.0 Å². The molecule has 178 valence electrons. The van der Waals surface area contributed by atoms with Gasteiger partial charge in [-0.2, -0.15) is 0 Å². The van der Waals surface area contributed by atoms with E-state index in [1.165, 1.54) is 16.7 Å². The first kappa shape index (κ1) is 23.7. The number of ether oxygens (including phenoxy) is 3. The summed E-state index contributed by atoms with van der Waals surface area (Å²) in [6.07, 6.45) is 5.16. The molecule has 1 saturated heterocycles. The molecule has 4 rings (SSSR count). The second-order valence-electron chi connectivity index (χ2n) is 9.22. The van der Waals surface area contributed by atoms with Gasteiger partial charge in [0.2, 0.25) is 0 Å². The Kier molecular flexibility index (Phi) is 8.37. The molecule has 6 heteroatoms. The number of hydrogen-bond donors (Lipinski definition) is 2. The zero-order valence-electron chi connectivity index (χ0n) is 19.8. The number of nitrogens with one attached hydrogen (secondary N) is 2. The van der Waals surface area contributed by atoms with E-state index >= 15 is 0 Å². The first-order chi connectivity index (χ1) is 16.1. The van der Waals surface area contributed by atoms with Crippen LogP contribution in [0.5, 0.6) is 5.75 Å². The van der Waals surface area contributed by atoms with Gasteiger partial charge in [-0.15, -0.1) is 0 Å². The molecule has 2 N–H and O–H groups in total. The van der Waals surface area contributed by atoms with Gasteiger partial charge >= 0.3 is 0 Å². The number of carbonyl (C=O) groups is 1. The Morgan fingerprint density at radius 1 is 1.15 bits per heavy atom. The number of amides is 1. The van der Waals surface area contributed by atoms with Crippen molar-refractivity contribution >= 4 is 5.91 Å². The van der Waals surface area contributed by atoms with E-state index < -0.39 is 0 Å². The number of aryl methyl sites for hydroxylation is 1. The third-order valence-corrected chi connectivity index (χ3v) is 6.48. The number of fused-ring (bicyclic) bond motifs is 1. The van der Waals surface area contributed by atoms with Gasteiger partial charge in [0.05, 0.1) is 12.7 Å². The van der Waals surface area contributed by atoms with Gasteiger partial charge in [0.1, 0.15) is 12.4 Å². The van der Waals surface area contributed by atoms with E-state index in [-0.39, 0.29) is 18.1 Å². The van der Waals surface area contributed by atoms with Gasteiger partial charge in [0.25, 0.3) is 5.91 Å². The molecule has 2 unspecified atom stereocenters. The van der Waals surface area contributed by atoms with Crippen molar-refractivity contribution in [3.63, 3.8) is 0 Å². The van der Waals surface area contributed by atoms with Crippen molar-refractivity contribution in [1.29, 1.82) is 0 Å². The van der Waals surface area contributed by atoms with Crippen LogP contribution in [0.2, 0.25) is 0 Å². The molecule has 2 aliphatic rings. The Bertz CT molecular complexity index is 909. The number of carbonyl (C=O) groups excluding carboxylic acids is 1. The predicted molar refractivity (Wildman–Crippen MR) is 129 cm³/mol. The zero-order chi connectivity index (χ0) is 23.0. The molecule has 1 fully saturated rings. The van der Waals surface area contributed by atoms with Crippen LogP contribution in [0.25, 0.3) is 0 Å². The summed E-state index contributed by atoms with van der Waals surface area (Å²) >= 11 is 0. The van der Waals surface area contributed by atoms with Gasteiger partial charge < -0.3 is 24.8 Å². The quantitative estimate of drug-likeness (QED) is 0.576. The van der Waals surface area contributed by atoms with Crippen molar-refractivity contribution in [3.8, 4) is 5.75 Å². The molecular weight excluding hydrogens is 416 g/mol. The first-order valence-corrected chi connectivity index (χ1v) is 12.1. The molecular formula is C27H36N2O4. The lowest BCUT2D eigenvalue weighted by Gasteiger charge is -2.26. The van der Waals surface area contributed by atoms with Crippen molar-refractivity contribution < 1.29 is 19.0 Å². The van der Waals surface area contributed by atoms with Gasteiger partial charge in [-0.1, -0.05) is 18.2 Å². The second kappa shape index (κ2) is 11.6. The molecule has 0 bridgehead atoms. The lowest BCUT2D eigenvalue weighted by Crippen LogP contribution is -2.38. The fourth-order valence-corrected chi connectivity index (χ4v) is 4.58. The zero-order valence-corrected chi connectivity index (χ0v) is 19.8. The van der Waals surface area contributed by atoms with Crippen LogP contribution in [0.4, 0.5) is 0 Å². The van der Waals surface area contributed by atoms with E-state index in [2.05, 4.69) is 35.8 Å². The van der Waals surface area contributed by atoms with Crippen molar-refractivity contribution in [2.75, 3.05) is 26.9 Å². The molecule has 33 heavy (non-hydrogen) atoms. The third-order valence-electron chi connectivity index (χ3n) is 6.48. The van der Waals surface area contributed by atoms with E-state index in [1.54, 1.807) is 7.11 Å². The molecule has 0 spiro atoms. The molecule has 6 nitrogen and oxygen atoms in total. The maximum absolute atomic E-state index is 12.8. The van der Waals surface area contributed by atoms with Crippen molar-refractivity contribution in [2.45, 2.75) is 63.8 Å². The fraction of sp³-hybridized carbons (Fsp3) is 0.519. The first-order valence-electron chi connectivity index (χ1n) is 12.1. The van der Waals surface area contributed by atoms with E-state index in [1.807, 2.05) is 24.3 Å². The second-order valence-corrected chi connectivity index (χ2v) is 9.22. The topological polar surface area (TPSA) is 68.8 Å². The molecule has 0 saturated carbocycles. The maximum atomic E-state index is 12.8. The highest BCUT2D eigenvalue weighted by atomic mass is 16.5. The van der Waals surface area contributed by atoms with Gasteiger partial charge in [-0.3, -0.25) is 4.79 Å². The average molecular weight is 453 g/mol. The molecule has 1 amide bonds. The predicted octanol–water partition coefficient (Wildman–Crippen LogP) is 3.66. The molecule has 2 aromatic carbocycles. The largest absolute Gasteiger partial charge is 0.491 e. The maximum Gasteiger partial charge on any atom is 0.251 e. The normalized spacial score (nSPS) is 20.8. The monoisotopic (exact) mass is 452 g/mol. The summed E-state index contributed by atoms with van der Waals surface area (Å²) in [5.41, 5.74) is 4.68. The van der Waals surface area contributed by atoms with Gasteiger partial charge in [0, 0.05) is 37.9 Å². The SMILES string of the molecule is COCC(C)NCc1ccc2c(c1)CC[C@H](NC(=O)c1ccc(OCC3CCCO3)cc1)C2. The van der Waals surface area contributed by atoms with Crippen LogP contribution in [0.3, 0.4) is 0 Å². The third kappa shape index (κ3) is 6.79. The molecule has 3 atom stereocenters. The highest BCUT2D eigenvalue weighted by Gasteiger charge is 2.21. The van der Waals surface area contributed by atoms with Crippen molar-refractivity contribution in [3.05, 3.63) is 64.7 Å². The molecule has 1 heterocycles. The minimum Gasteiger partial charge on any atom is -0.491 e. The highest BCUT2D eigenvalue weighted by molar-refractivity contribution is 5.94. The summed E-state index contributed by atoms with van der Waals surface area (Å²) in [6.45, 7) is 5.06. The summed E-state index contributed by atoms with van der Waals surface area (Å²) in [4.78, 5) is 12.8. The lowest BCUT2D eigenvalue weighted by molar-refractivity contribution is 0.0679. The Hall–Kier alpha value is -2.41. The van der Waals surface area contributed by atoms with Crippen LogP contribution in [0, 0.1) is 0 Å². The number of hydrogen-bond acceptors (Lipinski definition) is 5. The standard InChI is InChI=1S/C27H36N2O4/c1-19(17-31-2)28-16-20-5-6-23-15-24(10-7-22(23)14-20)29-27(30)21-8-11-25(12-9-21)33-18-26-4-3-13-32-26/h5-6,8-9,11-12,14,19,24,26,28H,3-4,7,10,13,15-18H2,1-2H3,(H,29,30)/t19?,24-,26?/m0/s1. The minimum absolute atomic E-state index is 0.0259. The Balaban J connectivity index is 1.26. The van der Waals surface area contributed by atoms with Crippen LogP contribution in [-0.2, 0) is 28.9 Å². The molecule has 1 aliphatic carbocycles. The summed E-state index contributed by atoms with van der Waals surface area (Å²) in [5, 5.41) is 6.70. The van der Waals surface area contributed by atoms with Gasteiger partial charge in [-0.05, 0) is 80.0 Å². The Labute approximate surface area is 197 Å². The van der Waals surface area contributed by atoms with E-state index in [4.69, 9.17) is 14.2 Å². The minimum atomic E-state index is -0.0259. The van der Waals surface area contributed by atoms with Gasteiger partial charge in [-0.25, -0.2) is 0 Å². The van der Waals surface area contributed by atoms with Crippen LogP contribution in [0.15, 0.2) is 42.5 Å². The smallest absolute Gasteiger partial charge is 0.251 e. The Morgan fingerprint density at radius 2 is 2.00 bits per heavy atom. The van der Waals surface area contributed by atoms with Crippen molar-refractivity contribution in [2.24, 2.45) is 0 Å². The van der Waals surface area contributed by atoms with Crippen LogP contribution in [0.1, 0.15) is 53.2 Å². The summed E-state index contributed by atoms with van der Waals surface area (Å²) in [7, 11) is 1.73. The van der Waals surface area contributed by atoms with Crippen LogP contribution < -0.4 is 15.4 Å². The van der Waals surface area contributed by atoms with Gasteiger partial charge in [0.15, 0.2) is 0 Å². The molecule has 2 aromatic rings. The molecule has 0 radical (unpaired) electrons. The van der Waals surface area contributed by atoms with Crippen LogP contribution in [-0.4, -0.2) is 51.0 Å². The summed E-state index contributed by atoms with van der Waals surface area (Å²) in [6, 6.07) is 14.6. The summed E-state index contributed by atoms with van der Waals surface area (Å²) < 4.78 is 16.6.